The second-order valence-corrected chi connectivity index (χ2v) is 14.3. The fraction of sp³-hybridized carbons (Fsp3) is 0.643. The molecule has 24 heteroatoms. The third-order valence-electron chi connectivity index (χ3n) is 7.51. The van der Waals surface area contributed by atoms with Crippen molar-refractivity contribution < 1.29 is 58.2 Å². The maximum atomic E-state index is 13.5. The Bertz CT molecular complexity index is 1370. The van der Waals surface area contributed by atoms with Crippen LogP contribution in [0.2, 0.25) is 0 Å². The van der Waals surface area contributed by atoms with E-state index in [1.54, 1.807) is 13.8 Å². The van der Waals surface area contributed by atoms with E-state index in [0.717, 1.165) is 21.6 Å². The van der Waals surface area contributed by atoms with E-state index in [0.29, 0.717) is 6.42 Å². The molecule has 0 aliphatic carbocycles. The van der Waals surface area contributed by atoms with Crippen molar-refractivity contribution >= 4 is 80.7 Å². The van der Waals surface area contributed by atoms with Gasteiger partial charge >= 0.3 is 5.97 Å². The van der Waals surface area contributed by atoms with Gasteiger partial charge in [0.2, 0.25) is 53.2 Å². The second-order valence-electron chi connectivity index (χ2n) is 11.7. The summed E-state index contributed by atoms with van der Waals surface area (Å²) >= 11 is 0. The number of aliphatic hydroxyl groups excluding tert-OH is 1. The van der Waals surface area contributed by atoms with Gasteiger partial charge in [-0.1, -0.05) is 41.9 Å². The first kappa shape index (κ1) is 45.3. The van der Waals surface area contributed by atoms with Crippen LogP contribution < -0.4 is 54.8 Å². The number of rotatable bonds is 11. The molecule has 1 saturated heterocycles. The Hall–Kier alpha value is -4.68. The molecule has 0 aromatic rings. The average Bonchev–Trinajstić information content (AvgIpc) is 3.06. The van der Waals surface area contributed by atoms with Crippen molar-refractivity contribution in [3.63, 3.8) is 0 Å². The molecule has 1 heterocycles. The van der Waals surface area contributed by atoms with Crippen molar-refractivity contribution in [1.29, 1.82) is 0 Å². The Balaban J connectivity index is 3.64. The molecule has 1 rings (SSSR count). The Kier molecular flexibility index (Phi) is 19.4. The van der Waals surface area contributed by atoms with Crippen LogP contribution >= 0.6 is 21.6 Å². The molecule has 0 unspecified atom stereocenters. The van der Waals surface area contributed by atoms with Crippen LogP contribution in [-0.4, -0.2) is 130 Å². The minimum absolute atomic E-state index is 0.149. The standard InChI is InChI=1S/C28H46N10O12S2/c1-3-11(2)21-27(48)37-17(28(49)50)10-52-51-9-12(29)22(43)34-14(6-19(31)41)25(46)36-16(8-39)26(47)35-15(7-20(32)42)24(45)33-13(23(44)38-21)4-5-18(30)40/h11-17,21,39H,3-10,29H2,1-2H3,(H2,30,40)(H2,31,41)(H2,32,42)(H,33,45)(H,34,43)(H,35,47)(H,36,46)(H,37,48)(H,38,44)(H,49,50)/t11-,12-,13-,14-,15-,16-,17-,21-/m0/s1. The molecule has 0 aromatic carbocycles. The van der Waals surface area contributed by atoms with Crippen LogP contribution in [0.5, 0.6) is 0 Å². The topological polar surface area (TPSA) is 387 Å². The number of carbonyl (C=O) groups is 10. The van der Waals surface area contributed by atoms with E-state index in [9.17, 15) is 58.2 Å². The minimum atomic E-state index is -1.84. The maximum absolute atomic E-state index is 13.5. The van der Waals surface area contributed by atoms with Crippen LogP contribution in [0.4, 0.5) is 0 Å². The van der Waals surface area contributed by atoms with Crippen molar-refractivity contribution in [3.8, 4) is 0 Å². The summed E-state index contributed by atoms with van der Waals surface area (Å²) in [5.41, 5.74) is 21.6. The Morgan fingerprint density at radius 1 is 0.692 bits per heavy atom. The molecule has 8 atom stereocenters. The van der Waals surface area contributed by atoms with Crippen LogP contribution in [0, 0.1) is 5.92 Å². The molecule has 1 fully saturated rings. The summed E-state index contributed by atoms with van der Waals surface area (Å²) in [5, 5.41) is 33.2. The van der Waals surface area contributed by atoms with Crippen LogP contribution in [0.1, 0.15) is 46.0 Å². The highest BCUT2D eigenvalue weighted by atomic mass is 33.1. The summed E-state index contributed by atoms with van der Waals surface area (Å²) in [5.74, 6) is -11.9. The van der Waals surface area contributed by atoms with E-state index >= 15 is 0 Å². The van der Waals surface area contributed by atoms with Gasteiger partial charge < -0.3 is 65.0 Å². The number of hydrogen-bond acceptors (Lipinski definition) is 14. The molecule has 1 aliphatic heterocycles. The Morgan fingerprint density at radius 3 is 1.63 bits per heavy atom. The normalized spacial score (nSPS) is 27.0. The zero-order chi connectivity index (χ0) is 39.7. The first-order valence-corrected chi connectivity index (χ1v) is 18.3. The van der Waals surface area contributed by atoms with E-state index in [2.05, 4.69) is 31.9 Å². The predicted molar refractivity (Wildman–Crippen MR) is 185 cm³/mol. The number of hydrogen-bond donors (Lipinski definition) is 12. The molecule has 9 amide bonds. The van der Waals surface area contributed by atoms with Gasteiger partial charge in [-0.3, -0.25) is 43.2 Å². The Labute approximate surface area is 305 Å². The van der Waals surface area contributed by atoms with Crippen LogP contribution in [-0.2, 0) is 47.9 Å². The number of carboxylic acid groups (broad SMARTS) is 1. The van der Waals surface area contributed by atoms with Crippen molar-refractivity contribution in [2.75, 3.05) is 18.1 Å². The average molecular weight is 779 g/mol. The van der Waals surface area contributed by atoms with Crippen LogP contribution in [0.15, 0.2) is 0 Å². The summed E-state index contributed by atoms with van der Waals surface area (Å²) in [4.78, 5) is 126. The highest BCUT2D eigenvalue weighted by Gasteiger charge is 2.35. The van der Waals surface area contributed by atoms with Crippen molar-refractivity contribution in [2.24, 2.45) is 28.9 Å². The quantitative estimate of drug-likeness (QED) is 0.0868. The van der Waals surface area contributed by atoms with Gasteiger partial charge in [-0.2, -0.15) is 0 Å². The highest BCUT2D eigenvalue weighted by Crippen LogP contribution is 2.23. The van der Waals surface area contributed by atoms with E-state index < -0.39 is 140 Å². The van der Waals surface area contributed by atoms with Gasteiger partial charge in [0.05, 0.1) is 25.5 Å². The van der Waals surface area contributed by atoms with Crippen LogP contribution in [0.25, 0.3) is 0 Å². The summed E-state index contributed by atoms with van der Waals surface area (Å²) in [6, 6.07) is -11.1. The van der Waals surface area contributed by atoms with Gasteiger partial charge in [-0.05, 0) is 12.3 Å². The van der Waals surface area contributed by atoms with Gasteiger partial charge in [-0.15, -0.1) is 0 Å². The summed E-state index contributed by atoms with van der Waals surface area (Å²) in [6.45, 7) is 2.19. The Morgan fingerprint density at radius 2 is 1.15 bits per heavy atom. The monoisotopic (exact) mass is 778 g/mol. The summed E-state index contributed by atoms with van der Waals surface area (Å²) < 4.78 is 0. The SMILES string of the molecule is CC[C@H](C)[C@@H]1NC(=O)[C@H](CCC(N)=O)NC(=O)[C@H](CC(N)=O)NC(=O)[C@H](CO)NC(=O)[C@H](CC(N)=O)NC(=O)[C@@H](N)CSSC[C@@H](C(=O)O)NC1=O. The summed E-state index contributed by atoms with van der Waals surface area (Å²) in [7, 11) is 1.87. The molecule has 0 bridgehead atoms. The minimum Gasteiger partial charge on any atom is -0.480 e. The largest absolute Gasteiger partial charge is 0.480 e. The third kappa shape index (κ3) is 15.7. The lowest BCUT2D eigenvalue weighted by atomic mass is 9.97. The molecule has 16 N–H and O–H groups in total. The predicted octanol–water partition coefficient (Wildman–Crippen LogP) is -6.24. The number of carbonyl (C=O) groups excluding carboxylic acids is 9. The molecule has 0 saturated carbocycles. The lowest BCUT2D eigenvalue weighted by molar-refractivity contribution is -0.142. The number of primary amides is 3. The number of aliphatic hydroxyl groups is 1. The van der Waals surface area contributed by atoms with Gasteiger partial charge in [0.25, 0.3) is 0 Å². The first-order chi connectivity index (χ1) is 24.3. The zero-order valence-electron chi connectivity index (χ0n) is 28.4. The molecule has 0 radical (unpaired) electrons. The van der Waals surface area contributed by atoms with E-state index in [1.165, 1.54) is 0 Å². The molecule has 52 heavy (non-hydrogen) atoms. The smallest absolute Gasteiger partial charge is 0.327 e. The molecule has 292 valence electrons. The highest BCUT2D eigenvalue weighted by molar-refractivity contribution is 8.76. The molecule has 0 aromatic heterocycles. The van der Waals surface area contributed by atoms with Gasteiger partial charge in [-0.25, -0.2) is 4.79 Å². The van der Waals surface area contributed by atoms with Crippen molar-refractivity contribution in [1.82, 2.24) is 31.9 Å². The fourth-order valence-electron chi connectivity index (χ4n) is 4.37. The van der Waals surface area contributed by atoms with Gasteiger partial charge in [0, 0.05) is 17.9 Å². The van der Waals surface area contributed by atoms with Crippen LogP contribution in [0.3, 0.4) is 0 Å². The molecule has 1 aliphatic rings. The maximum Gasteiger partial charge on any atom is 0.327 e. The molecular formula is C28H46N10O12S2. The number of amides is 9. The number of nitrogens with one attached hydrogen (secondary N) is 6. The van der Waals surface area contributed by atoms with E-state index in [-0.39, 0.29) is 11.5 Å². The zero-order valence-corrected chi connectivity index (χ0v) is 30.0. The number of carboxylic acids is 1. The number of nitrogens with two attached hydrogens (primary N) is 4. The molecular weight excluding hydrogens is 733 g/mol. The van der Waals surface area contributed by atoms with Crippen molar-refractivity contribution in [2.45, 2.75) is 88.2 Å². The van der Waals surface area contributed by atoms with Crippen molar-refractivity contribution in [3.05, 3.63) is 0 Å². The second kappa shape index (κ2) is 22.3. The lowest BCUT2D eigenvalue weighted by Crippen LogP contribution is -2.61. The lowest BCUT2D eigenvalue weighted by Gasteiger charge is -2.28. The van der Waals surface area contributed by atoms with Gasteiger partial charge in [0.15, 0.2) is 0 Å². The van der Waals surface area contributed by atoms with E-state index in [1.807, 2.05) is 0 Å². The fourth-order valence-corrected chi connectivity index (χ4v) is 6.65. The molecule has 22 nitrogen and oxygen atoms in total. The third-order valence-corrected chi connectivity index (χ3v) is 9.96. The van der Waals surface area contributed by atoms with Gasteiger partial charge in [0.1, 0.15) is 36.3 Å². The first-order valence-electron chi connectivity index (χ1n) is 15.8. The summed E-state index contributed by atoms with van der Waals surface area (Å²) in [6.07, 6.45) is -2.20. The molecule has 0 spiro atoms. The van der Waals surface area contributed by atoms with E-state index in [4.69, 9.17) is 22.9 Å². The number of aliphatic carboxylic acids is 1.